The first kappa shape index (κ1) is 13.7. The summed E-state index contributed by atoms with van der Waals surface area (Å²) in [7, 11) is 0. The van der Waals surface area contributed by atoms with E-state index in [1.165, 1.54) is 0 Å². The van der Waals surface area contributed by atoms with Crippen LogP contribution in [0.25, 0.3) is 0 Å². The lowest BCUT2D eigenvalue weighted by Crippen LogP contribution is -2.12. The first-order chi connectivity index (χ1) is 8.97. The van der Waals surface area contributed by atoms with Gasteiger partial charge in [-0.15, -0.1) is 0 Å². The Morgan fingerprint density at radius 3 is 2.47 bits per heavy atom. The highest BCUT2D eigenvalue weighted by Gasteiger charge is 2.11. The smallest absolute Gasteiger partial charge is 0.257 e. The molecule has 0 radical (unpaired) electrons. The molecule has 0 saturated heterocycles. The van der Waals surface area contributed by atoms with Gasteiger partial charge < -0.3 is 11.1 Å². The SMILES string of the molecule is Cc1ccc(NC(=O)c2ccc(N)cc2Cl)cc1Cl. The van der Waals surface area contributed by atoms with E-state index in [-0.39, 0.29) is 5.91 Å². The van der Waals surface area contributed by atoms with Gasteiger partial charge in [0.1, 0.15) is 0 Å². The van der Waals surface area contributed by atoms with Crippen LogP contribution in [0.1, 0.15) is 15.9 Å². The van der Waals surface area contributed by atoms with Crippen LogP contribution in [0.5, 0.6) is 0 Å². The Hall–Kier alpha value is -1.71. The van der Waals surface area contributed by atoms with Gasteiger partial charge in [-0.05, 0) is 42.8 Å². The first-order valence-electron chi connectivity index (χ1n) is 5.60. The zero-order chi connectivity index (χ0) is 14.0. The van der Waals surface area contributed by atoms with Crippen LogP contribution in [0.3, 0.4) is 0 Å². The number of amides is 1. The summed E-state index contributed by atoms with van der Waals surface area (Å²) in [5.74, 6) is -0.301. The Labute approximate surface area is 121 Å². The first-order valence-corrected chi connectivity index (χ1v) is 6.35. The fourth-order valence-electron chi connectivity index (χ4n) is 1.58. The number of benzene rings is 2. The number of anilines is 2. The maximum absolute atomic E-state index is 12.1. The summed E-state index contributed by atoms with van der Waals surface area (Å²) in [4.78, 5) is 12.1. The van der Waals surface area contributed by atoms with Crippen molar-refractivity contribution in [2.75, 3.05) is 11.1 Å². The summed E-state index contributed by atoms with van der Waals surface area (Å²) in [6, 6.07) is 10.1. The standard InChI is InChI=1S/C14H12Cl2N2O/c1-8-2-4-10(7-12(8)15)18-14(19)11-5-3-9(17)6-13(11)16/h2-7H,17H2,1H3,(H,18,19). The second kappa shape index (κ2) is 5.51. The number of hydrogen-bond acceptors (Lipinski definition) is 2. The number of rotatable bonds is 2. The van der Waals surface area contributed by atoms with Crippen LogP contribution < -0.4 is 11.1 Å². The molecular formula is C14H12Cl2N2O. The van der Waals surface area contributed by atoms with Crippen molar-refractivity contribution in [3.63, 3.8) is 0 Å². The van der Waals surface area contributed by atoms with Gasteiger partial charge in [-0.25, -0.2) is 0 Å². The highest BCUT2D eigenvalue weighted by molar-refractivity contribution is 6.35. The Morgan fingerprint density at radius 1 is 1.11 bits per heavy atom. The van der Waals surface area contributed by atoms with Crippen molar-refractivity contribution in [2.24, 2.45) is 0 Å². The van der Waals surface area contributed by atoms with Gasteiger partial charge in [0.15, 0.2) is 0 Å². The molecule has 0 fully saturated rings. The normalized spacial score (nSPS) is 10.3. The second-order valence-electron chi connectivity index (χ2n) is 4.16. The third-order valence-corrected chi connectivity index (χ3v) is 3.39. The van der Waals surface area contributed by atoms with Crippen molar-refractivity contribution in [1.82, 2.24) is 0 Å². The molecule has 2 rings (SSSR count). The summed E-state index contributed by atoms with van der Waals surface area (Å²) in [5, 5.41) is 3.65. The van der Waals surface area contributed by atoms with Crippen molar-refractivity contribution in [1.29, 1.82) is 0 Å². The third kappa shape index (κ3) is 3.19. The van der Waals surface area contributed by atoms with Gasteiger partial charge in [0.2, 0.25) is 0 Å². The Balaban J connectivity index is 2.23. The monoisotopic (exact) mass is 294 g/mol. The number of aryl methyl sites for hydroxylation is 1. The maximum Gasteiger partial charge on any atom is 0.257 e. The summed E-state index contributed by atoms with van der Waals surface area (Å²) >= 11 is 12.0. The van der Waals surface area contributed by atoms with Gasteiger partial charge in [-0.3, -0.25) is 4.79 Å². The molecule has 0 saturated carbocycles. The number of nitrogens with one attached hydrogen (secondary N) is 1. The maximum atomic E-state index is 12.1. The molecule has 0 spiro atoms. The summed E-state index contributed by atoms with van der Waals surface area (Å²) < 4.78 is 0. The molecule has 0 aliphatic carbocycles. The molecule has 0 aliphatic heterocycles. The van der Waals surface area contributed by atoms with Gasteiger partial charge in [-0.2, -0.15) is 0 Å². The number of halogens is 2. The van der Waals surface area contributed by atoms with Crippen LogP contribution in [0, 0.1) is 6.92 Å². The van der Waals surface area contributed by atoms with Crippen molar-refractivity contribution in [2.45, 2.75) is 6.92 Å². The van der Waals surface area contributed by atoms with E-state index >= 15 is 0 Å². The van der Waals surface area contributed by atoms with E-state index in [0.29, 0.717) is 27.0 Å². The predicted octanol–water partition coefficient (Wildman–Crippen LogP) is 4.14. The minimum atomic E-state index is -0.301. The van der Waals surface area contributed by atoms with Crippen LogP contribution in [-0.2, 0) is 0 Å². The average molecular weight is 295 g/mol. The molecule has 3 N–H and O–H groups in total. The van der Waals surface area contributed by atoms with E-state index in [9.17, 15) is 4.79 Å². The molecule has 2 aromatic rings. The Kier molecular flexibility index (Phi) is 3.98. The van der Waals surface area contributed by atoms with Crippen LogP contribution >= 0.6 is 23.2 Å². The molecule has 0 heterocycles. The molecule has 0 aromatic heterocycles. The minimum Gasteiger partial charge on any atom is -0.399 e. The molecule has 2 aromatic carbocycles. The second-order valence-corrected chi connectivity index (χ2v) is 4.97. The largest absolute Gasteiger partial charge is 0.399 e. The fraction of sp³-hybridized carbons (Fsp3) is 0.0714. The van der Waals surface area contributed by atoms with E-state index in [1.54, 1.807) is 30.3 Å². The number of nitrogen functional groups attached to an aromatic ring is 1. The molecule has 98 valence electrons. The lowest BCUT2D eigenvalue weighted by molar-refractivity contribution is 0.102. The highest BCUT2D eigenvalue weighted by atomic mass is 35.5. The van der Waals surface area contributed by atoms with Crippen LogP contribution in [-0.4, -0.2) is 5.91 Å². The quantitative estimate of drug-likeness (QED) is 0.818. The minimum absolute atomic E-state index is 0.301. The highest BCUT2D eigenvalue weighted by Crippen LogP contribution is 2.23. The molecule has 5 heteroatoms. The lowest BCUT2D eigenvalue weighted by Gasteiger charge is -2.08. The van der Waals surface area contributed by atoms with Crippen molar-refractivity contribution < 1.29 is 4.79 Å². The van der Waals surface area contributed by atoms with Gasteiger partial charge in [0, 0.05) is 16.4 Å². The number of hydrogen-bond donors (Lipinski definition) is 2. The summed E-state index contributed by atoms with van der Waals surface area (Å²) in [5.41, 5.74) is 8.03. The molecule has 3 nitrogen and oxygen atoms in total. The number of nitrogens with two attached hydrogens (primary N) is 1. The number of carbonyl (C=O) groups is 1. The van der Waals surface area contributed by atoms with E-state index < -0.39 is 0 Å². The van der Waals surface area contributed by atoms with Gasteiger partial charge in [0.05, 0.1) is 10.6 Å². The van der Waals surface area contributed by atoms with E-state index in [0.717, 1.165) is 5.56 Å². The van der Waals surface area contributed by atoms with Gasteiger partial charge in [0.25, 0.3) is 5.91 Å². The van der Waals surface area contributed by atoms with Crippen molar-refractivity contribution >= 4 is 40.5 Å². The Bertz CT molecular complexity index is 641. The number of carbonyl (C=O) groups excluding carboxylic acids is 1. The zero-order valence-electron chi connectivity index (χ0n) is 10.2. The van der Waals surface area contributed by atoms with E-state index in [2.05, 4.69) is 5.32 Å². The molecule has 19 heavy (non-hydrogen) atoms. The zero-order valence-corrected chi connectivity index (χ0v) is 11.7. The van der Waals surface area contributed by atoms with Crippen molar-refractivity contribution in [3.8, 4) is 0 Å². The molecule has 0 bridgehead atoms. The van der Waals surface area contributed by atoms with Crippen LogP contribution in [0.2, 0.25) is 10.0 Å². The predicted molar refractivity (Wildman–Crippen MR) is 80.0 cm³/mol. The van der Waals surface area contributed by atoms with Crippen LogP contribution in [0.4, 0.5) is 11.4 Å². The van der Waals surface area contributed by atoms with Crippen molar-refractivity contribution in [3.05, 3.63) is 57.6 Å². The topological polar surface area (TPSA) is 55.1 Å². The lowest BCUT2D eigenvalue weighted by atomic mass is 10.1. The third-order valence-electron chi connectivity index (χ3n) is 2.67. The Morgan fingerprint density at radius 2 is 1.84 bits per heavy atom. The molecule has 0 unspecified atom stereocenters. The summed E-state index contributed by atoms with van der Waals surface area (Å²) in [6.45, 7) is 1.89. The molecular weight excluding hydrogens is 283 g/mol. The molecule has 0 aliphatic rings. The van der Waals surface area contributed by atoms with E-state index in [1.807, 2.05) is 13.0 Å². The fourth-order valence-corrected chi connectivity index (χ4v) is 2.04. The van der Waals surface area contributed by atoms with Crippen LogP contribution in [0.15, 0.2) is 36.4 Å². The molecule has 1 amide bonds. The van der Waals surface area contributed by atoms with Gasteiger partial charge >= 0.3 is 0 Å². The van der Waals surface area contributed by atoms with E-state index in [4.69, 9.17) is 28.9 Å². The van der Waals surface area contributed by atoms with Gasteiger partial charge in [-0.1, -0.05) is 29.3 Å². The molecule has 0 atom stereocenters. The average Bonchev–Trinajstić information content (AvgIpc) is 2.33. The summed E-state index contributed by atoms with van der Waals surface area (Å²) in [6.07, 6.45) is 0.